The van der Waals surface area contributed by atoms with Crippen LogP contribution in [0.2, 0.25) is 0 Å². The van der Waals surface area contributed by atoms with Gasteiger partial charge in [0.2, 0.25) is 10.0 Å². The Morgan fingerprint density at radius 3 is 2.30 bits per heavy atom. The molecular weight excluding hydrogens is 402 g/mol. The van der Waals surface area contributed by atoms with Gasteiger partial charge in [-0.15, -0.1) is 0 Å². The molecular formula is C22H27N3O4S. The summed E-state index contributed by atoms with van der Waals surface area (Å²) in [6.07, 6.45) is 2.01. The molecule has 0 bridgehead atoms. The molecule has 160 valence electrons. The summed E-state index contributed by atoms with van der Waals surface area (Å²) in [5.74, 6) is -0.488. The van der Waals surface area contributed by atoms with Crippen LogP contribution in [0, 0.1) is 0 Å². The van der Waals surface area contributed by atoms with E-state index in [9.17, 15) is 18.0 Å². The fourth-order valence-corrected chi connectivity index (χ4v) is 4.69. The Balaban J connectivity index is 1.78. The maximum atomic E-state index is 12.7. The second-order valence-corrected chi connectivity index (χ2v) is 9.67. The number of likely N-dealkylation sites (tertiary alicyclic amines) is 1. The lowest BCUT2D eigenvalue weighted by Crippen LogP contribution is -2.33. The van der Waals surface area contributed by atoms with Crippen LogP contribution in [0.1, 0.15) is 47.4 Å². The highest BCUT2D eigenvalue weighted by molar-refractivity contribution is 7.89. The number of nitrogens with one attached hydrogen (secondary N) is 1. The third-order valence-corrected chi connectivity index (χ3v) is 7.29. The van der Waals surface area contributed by atoms with Crippen molar-refractivity contribution in [2.75, 3.05) is 25.5 Å². The van der Waals surface area contributed by atoms with Gasteiger partial charge in [0.05, 0.1) is 4.90 Å². The van der Waals surface area contributed by atoms with E-state index in [1.807, 2.05) is 0 Å². The van der Waals surface area contributed by atoms with Gasteiger partial charge in [0.1, 0.15) is 0 Å². The molecule has 0 spiro atoms. The molecule has 2 amide bonds. The van der Waals surface area contributed by atoms with Crippen LogP contribution in [-0.4, -0.2) is 55.6 Å². The summed E-state index contributed by atoms with van der Waals surface area (Å²) in [6, 6.07) is 12.5. The molecule has 3 rings (SSSR count). The van der Waals surface area contributed by atoms with Crippen LogP contribution >= 0.6 is 0 Å². The number of hydrogen-bond acceptors (Lipinski definition) is 4. The Hall–Kier alpha value is -2.71. The molecule has 1 aliphatic heterocycles. The Morgan fingerprint density at radius 1 is 1.00 bits per heavy atom. The van der Waals surface area contributed by atoms with Gasteiger partial charge in [-0.25, -0.2) is 8.42 Å². The molecule has 1 saturated heterocycles. The lowest BCUT2D eigenvalue weighted by Gasteiger charge is -2.21. The summed E-state index contributed by atoms with van der Waals surface area (Å²) in [6.45, 7) is 5.07. The normalized spacial score (nSPS) is 14.4. The quantitative estimate of drug-likeness (QED) is 0.764. The van der Waals surface area contributed by atoms with Crippen LogP contribution in [0.25, 0.3) is 0 Å². The van der Waals surface area contributed by atoms with Crippen LogP contribution in [0.3, 0.4) is 0 Å². The minimum atomic E-state index is -3.69. The van der Waals surface area contributed by atoms with Gasteiger partial charge in [0, 0.05) is 43.0 Å². The molecule has 2 aromatic carbocycles. The summed E-state index contributed by atoms with van der Waals surface area (Å²) in [4.78, 5) is 27.2. The fourth-order valence-electron chi connectivity index (χ4n) is 3.28. The molecule has 1 fully saturated rings. The first-order valence-corrected chi connectivity index (χ1v) is 11.4. The topological polar surface area (TPSA) is 86.8 Å². The van der Waals surface area contributed by atoms with Crippen LogP contribution < -0.4 is 5.32 Å². The number of anilines is 1. The average Bonchev–Trinajstić information content (AvgIpc) is 3.27. The van der Waals surface area contributed by atoms with Gasteiger partial charge in [-0.2, -0.15) is 4.31 Å². The van der Waals surface area contributed by atoms with E-state index < -0.39 is 15.9 Å². The van der Waals surface area contributed by atoms with Crippen LogP contribution in [-0.2, 0) is 10.0 Å². The zero-order valence-electron chi connectivity index (χ0n) is 17.5. The standard InChI is InChI=1S/C22H27N3O4S/c1-16(2)24(3)30(28,29)20-11-7-8-17(15-20)21(26)23-19-10-6-9-18(14-19)22(27)25-12-4-5-13-25/h6-11,14-16H,4-5,12-13H2,1-3H3,(H,23,26). The van der Waals surface area contributed by atoms with Gasteiger partial charge < -0.3 is 10.2 Å². The number of rotatable bonds is 6. The first kappa shape index (κ1) is 22.0. The zero-order valence-corrected chi connectivity index (χ0v) is 18.3. The van der Waals surface area contributed by atoms with Crippen molar-refractivity contribution in [3.05, 3.63) is 59.7 Å². The molecule has 8 heteroatoms. The number of benzene rings is 2. The van der Waals surface area contributed by atoms with Gasteiger partial charge >= 0.3 is 0 Å². The minimum absolute atomic E-state index is 0.0478. The molecule has 1 N–H and O–H groups in total. The number of hydrogen-bond donors (Lipinski definition) is 1. The number of nitrogens with zero attached hydrogens (tertiary/aromatic N) is 2. The van der Waals surface area contributed by atoms with Crippen molar-refractivity contribution in [1.29, 1.82) is 0 Å². The van der Waals surface area contributed by atoms with E-state index in [4.69, 9.17) is 0 Å². The van der Waals surface area contributed by atoms with Gasteiger partial charge in [-0.1, -0.05) is 12.1 Å². The second kappa shape index (κ2) is 8.97. The van der Waals surface area contributed by atoms with E-state index in [2.05, 4.69) is 5.32 Å². The summed E-state index contributed by atoms with van der Waals surface area (Å²) in [7, 11) is -2.18. The second-order valence-electron chi connectivity index (χ2n) is 7.68. The lowest BCUT2D eigenvalue weighted by molar-refractivity contribution is 0.0792. The zero-order chi connectivity index (χ0) is 21.9. The molecule has 0 saturated carbocycles. The highest BCUT2D eigenvalue weighted by Crippen LogP contribution is 2.20. The van der Waals surface area contributed by atoms with Gasteiger partial charge in [0.25, 0.3) is 11.8 Å². The van der Waals surface area contributed by atoms with Crippen molar-refractivity contribution in [3.8, 4) is 0 Å². The first-order valence-electron chi connectivity index (χ1n) is 9.99. The van der Waals surface area contributed by atoms with Crippen molar-refractivity contribution in [1.82, 2.24) is 9.21 Å². The van der Waals surface area contributed by atoms with Crippen molar-refractivity contribution in [3.63, 3.8) is 0 Å². The van der Waals surface area contributed by atoms with Crippen molar-refractivity contribution < 1.29 is 18.0 Å². The predicted molar refractivity (Wildman–Crippen MR) is 116 cm³/mol. The fraction of sp³-hybridized carbons (Fsp3) is 0.364. The monoisotopic (exact) mass is 429 g/mol. The first-order chi connectivity index (χ1) is 14.2. The smallest absolute Gasteiger partial charge is 0.255 e. The van der Waals surface area contributed by atoms with E-state index in [0.717, 1.165) is 25.9 Å². The molecule has 0 radical (unpaired) electrons. The highest BCUT2D eigenvalue weighted by Gasteiger charge is 2.24. The van der Waals surface area contributed by atoms with Gasteiger partial charge in [0.15, 0.2) is 0 Å². The average molecular weight is 430 g/mol. The molecule has 0 aromatic heterocycles. The third kappa shape index (κ3) is 4.71. The Labute approximate surface area is 177 Å². The summed E-state index contributed by atoms with van der Waals surface area (Å²) in [5, 5.41) is 2.76. The van der Waals surface area contributed by atoms with Crippen molar-refractivity contribution in [2.24, 2.45) is 0 Å². The number of sulfonamides is 1. The maximum Gasteiger partial charge on any atom is 0.255 e. The van der Waals surface area contributed by atoms with Gasteiger partial charge in [-0.05, 0) is 63.1 Å². The molecule has 2 aromatic rings. The third-order valence-electron chi connectivity index (χ3n) is 5.26. The summed E-state index contributed by atoms with van der Waals surface area (Å²) < 4.78 is 26.7. The SMILES string of the molecule is CC(C)N(C)S(=O)(=O)c1cccc(C(=O)Nc2cccc(C(=O)N3CCCC3)c2)c1. The molecule has 1 heterocycles. The van der Waals surface area contributed by atoms with E-state index >= 15 is 0 Å². The maximum absolute atomic E-state index is 12.7. The van der Waals surface area contributed by atoms with Crippen LogP contribution in [0.15, 0.2) is 53.4 Å². The van der Waals surface area contributed by atoms with E-state index in [-0.39, 0.29) is 22.4 Å². The van der Waals surface area contributed by atoms with E-state index in [0.29, 0.717) is 11.3 Å². The largest absolute Gasteiger partial charge is 0.339 e. The van der Waals surface area contributed by atoms with Gasteiger partial charge in [-0.3, -0.25) is 9.59 Å². The molecule has 7 nitrogen and oxygen atoms in total. The minimum Gasteiger partial charge on any atom is -0.339 e. The Morgan fingerprint density at radius 2 is 1.63 bits per heavy atom. The number of carbonyl (C=O) groups excluding carboxylic acids is 2. The summed E-state index contributed by atoms with van der Waals surface area (Å²) >= 11 is 0. The highest BCUT2D eigenvalue weighted by atomic mass is 32.2. The lowest BCUT2D eigenvalue weighted by atomic mass is 10.1. The Bertz CT molecular complexity index is 1040. The Kier molecular flexibility index (Phi) is 6.58. The molecule has 0 unspecified atom stereocenters. The van der Waals surface area contributed by atoms with Crippen LogP contribution in [0.4, 0.5) is 5.69 Å². The number of carbonyl (C=O) groups is 2. The summed E-state index contributed by atoms with van der Waals surface area (Å²) in [5.41, 5.74) is 1.23. The van der Waals surface area contributed by atoms with Crippen LogP contribution in [0.5, 0.6) is 0 Å². The number of amides is 2. The van der Waals surface area contributed by atoms with Crippen molar-refractivity contribution in [2.45, 2.75) is 37.6 Å². The molecule has 1 aliphatic rings. The van der Waals surface area contributed by atoms with E-state index in [1.54, 1.807) is 55.1 Å². The molecule has 0 aliphatic carbocycles. The van der Waals surface area contributed by atoms with E-state index in [1.165, 1.54) is 23.5 Å². The van der Waals surface area contributed by atoms with Crippen molar-refractivity contribution >= 4 is 27.5 Å². The molecule has 30 heavy (non-hydrogen) atoms. The predicted octanol–water partition coefficient (Wildman–Crippen LogP) is 3.20. The molecule has 0 atom stereocenters.